The lowest BCUT2D eigenvalue weighted by Gasteiger charge is -2.28. The fraction of sp³-hybridized carbons (Fsp3) is 0.455. The van der Waals surface area contributed by atoms with Gasteiger partial charge in [0, 0.05) is 32.1 Å². The topological polar surface area (TPSA) is 24.5 Å². The van der Waals surface area contributed by atoms with Gasteiger partial charge >= 0.3 is 0 Å². The van der Waals surface area contributed by atoms with E-state index in [4.69, 9.17) is 4.74 Å². The van der Waals surface area contributed by atoms with Gasteiger partial charge in [-0.1, -0.05) is 36.4 Å². The summed E-state index contributed by atoms with van der Waals surface area (Å²) in [6.45, 7) is 6.30. The third kappa shape index (κ3) is 4.42. The molecule has 2 aromatic rings. The van der Waals surface area contributed by atoms with Crippen molar-refractivity contribution in [3.8, 4) is 5.75 Å². The first-order valence-electron chi connectivity index (χ1n) is 9.58. The molecule has 0 aliphatic carbocycles. The molecule has 25 heavy (non-hydrogen) atoms. The van der Waals surface area contributed by atoms with Gasteiger partial charge < -0.3 is 10.1 Å². The molecule has 1 fully saturated rings. The zero-order valence-electron chi connectivity index (χ0n) is 14.9. The van der Waals surface area contributed by atoms with Crippen LogP contribution in [0.2, 0.25) is 0 Å². The number of hydrogen-bond acceptors (Lipinski definition) is 3. The van der Waals surface area contributed by atoms with E-state index in [1.807, 2.05) is 0 Å². The Morgan fingerprint density at radius 2 is 1.88 bits per heavy atom. The minimum absolute atomic E-state index is 0.654. The first-order valence-corrected chi connectivity index (χ1v) is 9.58. The molecule has 0 bridgehead atoms. The summed E-state index contributed by atoms with van der Waals surface area (Å²) in [7, 11) is 0. The van der Waals surface area contributed by atoms with E-state index in [9.17, 15) is 0 Å². The Bertz CT molecular complexity index is 677. The first kappa shape index (κ1) is 16.6. The van der Waals surface area contributed by atoms with E-state index in [0.717, 1.165) is 51.5 Å². The maximum atomic E-state index is 5.98. The van der Waals surface area contributed by atoms with Gasteiger partial charge in [-0.3, -0.25) is 4.90 Å². The van der Waals surface area contributed by atoms with Crippen LogP contribution in [0.5, 0.6) is 5.75 Å². The number of benzene rings is 2. The predicted molar refractivity (Wildman–Crippen MR) is 102 cm³/mol. The van der Waals surface area contributed by atoms with Crippen LogP contribution in [0.25, 0.3) is 0 Å². The number of piperidine rings is 1. The van der Waals surface area contributed by atoms with E-state index in [-0.39, 0.29) is 0 Å². The normalized spacial score (nSPS) is 20.9. The molecular formula is C22H28N2O. The van der Waals surface area contributed by atoms with Gasteiger partial charge in [0.2, 0.25) is 0 Å². The number of nitrogens with one attached hydrogen (secondary N) is 1. The lowest BCUT2D eigenvalue weighted by Crippen LogP contribution is -2.33. The summed E-state index contributed by atoms with van der Waals surface area (Å²) in [5, 5.41) is 3.45. The highest BCUT2D eigenvalue weighted by molar-refractivity contribution is 5.30. The molecule has 1 atom stereocenters. The molecule has 0 amide bonds. The molecule has 4 rings (SSSR count). The smallest absolute Gasteiger partial charge is 0.119 e. The maximum Gasteiger partial charge on any atom is 0.119 e. The second-order valence-corrected chi connectivity index (χ2v) is 7.40. The zero-order valence-corrected chi connectivity index (χ0v) is 14.9. The van der Waals surface area contributed by atoms with Crippen molar-refractivity contribution in [2.45, 2.75) is 32.4 Å². The molecule has 1 saturated heterocycles. The molecule has 2 aliphatic heterocycles. The summed E-state index contributed by atoms with van der Waals surface area (Å²) in [5.74, 6) is 1.65. The van der Waals surface area contributed by atoms with Crippen molar-refractivity contribution in [2.75, 3.05) is 26.2 Å². The van der Waals surface area contributed by atoms with Crippen LogP contribution in [0.1, 0.15) is 29.5 Å². The lowest BCUT2D eigenvalue weighted by molar-refractivity contribution is 0.218. The van der Waals surface area contributed by atoms with E-state index in [2.05, 4.69) is 58.7 Å². The average Bonchev–Trinajstić information content (AvgIpc) is 2.68. The number of ether oxygens (including phenoxy) is 1. The van der Waals surface area contributed by atoms with Crippen LogP contribution in [-0.4, -0.2) is 31.1 Å². The third-order valence-electron chi connectivity index (χ3n) is 5.42. The van der Waals surface area contributed by atoms with E-state index in [1.54, 1.807) is 0 Å². The van der Waals surface area contributed by atoms with E-state index in [1.165, 1.54) is 29.5 Å². The standard InChI is InChI=1S/C22H28N2O/c1-2-6-21-16-24(13-11-20(21)5-1)15-18-7-9-22(10-8-18)25-17-19-4-3-12-23-14-19/h1-2,5-10,19,23H,3-4,11-17H2/t19-/m1/s1. The van der Waals surface area contributed by atoms with Crippen molar-refractivity contribution in [2.24, 2.45) is 5.92 Å². The minimum atomic E-state index is 0.654. The van der Waals surface area contributed by atoms with E-state index < -0.39 is 0 Å². The SMILES string of the molecule is c1ccc2c(c1)CCN(Cc1ccc(OC[C@@H]3CCCNC3)cc1)C2. The van der Waals surface area contributed by atoms with Gasteiger partial charge in [0.25, 0.3) is 0 Å². The Kier molecular flexibility index (Phi) is 5.34. The van der Waals surface area contributed by atoms with Gasteiger partial charge in [0.05, 0.1) is 6.61 Å². The van der Waals surface area contributed by atoms with Gasteiger partial charge in [-0.25, -0.2) is 0 Å². The van der Waals surface area contributed by atoms with Crippen molar-refractivity contribution >= 4 is 0 Å². The van der Waals surface area contributed by atoms with Crippen molar-refractivity contribution in [3.63, 3.8) is 0 Å². The Morgan fingerprint density at radius 3 is 2.68 bits per heavy atom. The quantitative estimate of drug-likeness (QED) is 0.902. The van der Waals surface area contributed by atoms with Crippen molar-refractivity contribution in [1.82, 2.24) is 10.2 Å². The van der Waals surface area contributed by atoms with Gasteiger partial charge in [0.1, 0.15) is 5.75 Å². The van der Waals surface area contributed by atoms with Gasteiger partial charge in [-0.05, 0) is 54.6 Å². The summed E-state index contributed by atoms with van der Waals surface area (Å²) in [6, 6.07) is 17.5. The summed E-state index contributed by atoms with van der Waals surface area (Å²) in [5.41, 5.74) is 4.36. The highest BCUT2D eigenvalue weighted by atomic mass is 16.5. The number of nitrogens with zero attached hydrogens (tertiary/aromatic N) is 1. The second kappa shape index (κ2) is 8.03. The Balaban J connectivity index is 1.29. The van der Waals surface area contributed by atoms with Gasteiger partial charge in [0.15, 0.2) is 0 Å². The molecule has 3 heteroatoms. The summed E-state index contributed by atoms with van der Waals surface area (Å²) >= 11 is 0. The molecule has 0 spiro atoms. The van der Waals surface area contributed by atoms with Crippen LogP contribution in [-0.2, 0) is 19.5 Å². The summed E-state index contributed by atoms with van der Waals surface area (Å²) < 4.78 is 5.98. The molecule has 2 heterocycles. The van der Waals surface area contributed by atoms with Crippen molar-refractivity contribution in [3.05, 3.63) is 65.2 Å². The highest BCUT2D eigenvalue weighted by Crippen LogP contribution is 2.21. The van der Waals surface area contributed by atoms with Crippen LogP contribution in [0, 0.1) is 5.92 Å². The molecule has 0 radical (unpaired) electrons. The number of fused-ring (bicyclic) bond motifs is 1. The van der Waals surface area contributed by atoms with Crippen molar-refractivity contribution in [1.29, 1.82) is 0 Å². The number of hydrogen-bond donors (Lipinski definition) is 1. The average molecular weight is 336 g/mol. The Morgan fingerprint density at radius 1 is 1.04 bits per heavy atom. The monoisotopic (exact) mass is 336 g/mol. The Hall–Kier alpha value is -1.84. The largest absolute Gasteiger partial charge is 0.493 e. The van der Waals surface area contributed by atoms with Crippen LogP contribution < -0.4 is 10.1 Å². The fourth-order valence-electron chi connectivity index (χ4n) is 3.92. The van der Waals surface area contributed by atoms with E-state index in [0.29, 0.717) is 5.92 Å². The minimum Gasteiger partial charge on any atom is -0.493 e. The van der Waals surface area contributed by atoms with E-state index >= 15 is 0 Å². The van der Waals surface area contributed by atoms with Crippen LogP contribution in [0.3, 0.4) is 0 Å². The maximum absolute atomic E-state index is 5.98. The molecule has 0 aromatic heterocycles. The lowest BCUT2D eigenvalue weighted by atomic mass is 9.99. The molecule has 3 nitrogen and oxygen atoms in total. The molecule has 2 aromatic carbocycles. The van der Waals surface area contributed by atoms with Crippen LogP contribution in [0.4, 0.5) is 0 Å². The zero-order chi connectivity index (χ0) is 16.9. The van der Waals surface area contributed by atoms with Crippen molar-refractivity contribution < 1.29 is 4.74 Å². The Labute approximate surface area is 151 Å². The summed E-state index contributed by atoms with van der Waals surface area (Å²) in [6.07, 6.45) is 3.71. The first-order chi connectivity index (χ1) is 12.4. The second-order valence-electron chi connectivity index (χ2n) is 7.40. The third-order valence-corrected chi connectivity index (χ3v) is 5.42. The summed E-state index contributed by atoms with van der Waals surface area (Å²) in [4.78, 5) is 2.53. The molecular weight excluding hydrogens is 308 g/mol. The highest BCUT2D eigenvalue weighted by Gasteiger charge is 2.16. The molecule has 132 valence electrons. The fourth-order valence-corrected chi connectivity index (χ4v) is 3.92. The number of rotatable bonds is 5. The van der Waals surface area contributed by atoms with Crippen LogP contribution in [0.15, 0.2) is 48.5 Å². The predicted octanol–water partition coefficient (Wildman–Crippen LogP) is 3.62. The molecule has 0 unspecified atom stereocenters. The molecule has 1 N–H and O–H groups in total. The molecule has 0 saturated carbocycles. The molecule has 2 aliphatic rings. The van der Waals surface area contributed by atoms with Gasteiger partial charge in [-0.2, -0.15) is 0 Å². The van der Waals surface area contributed by atoms with Gasteiger partial charge in [-0.15, -0.1) is 0 Å². The van der Waals surface area contributed by atoms with Crippen LogP contribution >= 0.6 is 0 Å².